The van der Waals surface area contributed by atoms with Crippen LogP contribution in [0, 0.1) is 6.92 Å². The Morgan fingerprint density at radius 2 is 2.05 bits per heavy atom. The molecule has 2 aromatic rings. The van der Waals surface area contributed by atoms with Gasteiger partial charge in [-0.15, -0.1) is 11.3 Å². The predicted octanol–water partition coefficient (Wildman–Crippen LogP) is 1.74. The summed E-state index contributed by atoms with van der Waals surface area (Å²) in [6.07, 6.45) is 1.48. The molecule has 0 aliphatic heterocycles. The number of nitrogens with one attached hydrogen (secondary N) is 3. The fraction of sp³-hybridized carbons (Fsp3) is 0.333. The molecule has 0 aromatic carbocycles. The molecule has 2 heterocycles. The van der Waals surface area contributed by atoms with Crippen LogP contribution in [0.3, 0.4) is 0 Å². The number of carbonyl (C=O) groups is 1. The average molecular weight is 320 g/mol. The summed E-state index contributed by atoms with van der Waals surface area (Å²) < 4.78 is 5.02. The average Bonchev–Trinajstić information content (AvgIpc) is 3.18. The molecule has 0 saturated carbocycles. The van der Waals surface area contributed by atoms with Gasteiger partial charge in [-0.1, -0.05) is 0 Å². The molecule has 2 rings (SSSR count). The first-order chi connectivity index (χ1) is 10.7. The van der Waals surface area contributed by atoms with Gasteiger partial charge in [0.05, 0.1) is 12.8 Å². The summed E-state index contributed by atoms with van der Waals surface area (Å²) in [4.78, 5) is 18.3. The SMILES string of the molecule is CN=C(NCCNC(=O)c1ccco1)NCc1ccc(C)s1. The third-order valence-corrected chi connectivity index (χ3v) is 3.90. The Kier molecular flexibility index (Phi) is 6.02. The number of amides is 1. The van der Waals surface area contributed by atoms with Gasteiger partial charge in [0.2, 0.25) is 0 Å². The van der Waals surface area contributed by atoms with Crippen molar-refractivity contribution in [2.75, 3.05) is 20.1 Å². The Hall–Kier alpha value is -2.28. The molecule has 0 atom stereocenters. The van der Waals surface area contributed by atoms with Crippen LogP contribution in [0.25, 0.3) is 0 Å². The zero-order valence-electron chi connectivity index (χ0n) is 12.7. The number of rotatable bonds is 6. The first kappa shape index (κ1) is 16.1. The molecule has 1 amide bonds. The van der Waals surface area contributed by atoms with Crippen molar-refractivity contribution >= 4 is 23.2 Å². The molecule has 0 aliphatic carbocycles. The third-order valence-electron chi connectivity index (χ3n) is 2.90. The van der Waals surface area contributed by atoms with E-state index >= 15 is 0 Å². The Bertz CT molecular complexity index is 619. The number of guanidine groups is 1. The van der Waals surface area contributed by atoms with Gasteiger partial charge < -0.3 is 20.4 Å². The Balaban J connectivity index is 1.65. The number of hydrogen-bond donors (Lipinski definition) is 3. The topological polar surface area (TPSA) is 78.7 Å². The summed E-state index contributed by atoms with van der Waals surface area (Å²) in [7, 11) is 1.72. The zero-order valence-corrected chi connectivity index (χ0v) is 13.5. The van der Waals surface area contributed by atoms with Gasteiger partial charge in [-0.05, 0) is 31.2 Å². The normalized spacial score (nSPS) is 11.3. The number of aliphatic imine (C=N–C) groups is 1. The Morgan fingerprint density at radius 1 is 1.23 bits per heavy atom. The summed E-state index contributed by atoms with van der Waals surface area (Å²) in [6, 6.07) is 7.52. The highest BCUT2D eigenvalue weighted by molar-refractivity contribution is 7.11. The molecule has 0 unspecified atom stereocenters. The highest BCUT2D eigenvalue weighted by Gasteiger charge is 2.06. The van der Waals surface area contributed by atoms with E-state index in [1.807, 2.05) is 0 Å². The van der Waals surface area contributed by atoms with Crippen molar-refractivity contribution in [3.05, 3.63) is 46.0 Å². The number of thiophene rings is 1. The minimum Gasteiger partial charge on any atom is -0.459 e. The fourth-order valence-electron chi connectivity index (χ4n) is 1.82. The fourth-order valence-corrected chi connectivity index (χ4v) is 2.65. The maximum atomic E-state index is 11.7. The summed E-state index contributed by atoms with van der Waals surface area (Å²) in [5.74, 6) is 0.803. The molecule has 0 bridgehead atoms. The van der Waals surface area contributed by atoms with Gasteiger partial charge in [-0.2, -0.15) is 0 Å². The van der Waals surface area contributed by atoms with Crippen molar-refractivity contribution in [2.24, 2.45) is 4.99 Å². The van der Waals surface area contributed by atoms with Crippen LogP contribution in [0.15, 0.2) is 39.9 Å². The predicted molar refractivity (Wildman–Crippen MR) is 88.3 cm³/mol. The molecule has 7 heteroatoms. The lowest BCUT2D eigenvalue weighted by Gasteiger charge is -2.11. The van der Waals surface area contributed by atoms with Crippen molar-refractivity contribution in [1.82, 2.24) is 16.0 Å². The van der Waals surface area contributed by atoms with Crippen molar-refractivity contribution in [1.29, 1.82) is 0 Å². The van der Waals surface area contributed by atoms with Gasteiger partial charge in [0.25, 0.3) is 5.91 Å². The summed E-state index contributed by atoms with van der Waals surface area (Å²) in [6.45, 7) is 3.88. The summed E-state index contributed by atoms with van der Waals surface area (Å²) in [5, 5.41) is 9.14. The van der Waals surface area contributed by atoms with Crippen molar-refractivity contribution < 1.29 is 9.21 Å². The standard InChI is InChI=1S/C15H20N4O2S/c1-11-5-6-12(22-11)10-19-15(16-2)18-8-7-17-14(20)13-4-3-9-21-13/h3-6,9H,7-8,10H2,1-2H3,(H,17,20)(H2,16,18,19). The van der Waals surface area contributed by atoms with Crippen LogP contribution in [0.1, 0.15) is 20.3 Å². The monoisotopic (exact) mass is 320 g/mol. The molecule has 0 fully saturated rings. The maximum absolute atomic E-state index is 11.7. The number of aryl methyl sites for hydroxylation is 1. The minimum atomic E-state index is -0.219. The van der Waals surface area contributed by atoms with Crippen molar-refractivity contribution in [2.45, 2.75) is 13.5 Å². The lowest BCUT2D eigenvalue weighted by molar-refractivity contribution is 0.0926. The Morgan fingerprint density at radius 3 is 2.68 bits per heavy atom. The third kappa shape index (κ3) is 4.92. The summed E-state index contributed by atoms with van der Waals surface area (Å²) in [5.41, 5.74) is 0. The number of carbonyl (C=O) groups excluding carboxylic acids is 1. The molecule has 0 spiro atoms. The van der Waals surface area contributed by atoms with Gasteiger partial charge in [0, 0.05) is 29.9 Å². The second-order valence-electron chi connectivity index (χ2n) is 4.60. The molecular weight excluding hydrogens is 300 g/mol. The number of nitrogens with zero attached hydrogens (tertiary/aromatic N) is 1. The quantitative estimate of drug-likeness (QED) is 0.430. The van der Waals surface area contributed by atoms with E-state index in [2.05, 4.69) is 40.0 Å². The lowest BCUT2D eigenvalue weighted by atomic mass is 10.4. The van der Waals surface area contributed by atoms with Gasteiger partial charge in [0.15, 0.2) is 11.7 Å². The minimum absolute atomic E-state index is 0.219. The number of hydrogen-bond acceptors (Lipinski definition) is 4. The molecular formula is C15H20N4O2S. The van der Waals surface area contributed by atoms with E-state index in [4.69, 9.17) is 4.42 Å². The molecule has 118 valence electrons. The summed E-state index contributed by atoms with van der Waals surface area (Å²) >= 11 is 1.76. The Labute approximate surface area is 133 Å². The first-order valence-corrected chi connectivity index (χ1v) is 7.82. The van der Waals surface area contributed by atoms with E-state index in [1.54, 1.807) is 30.5 Å². The molecule has 3 N–H and O–H groups in total. The lowest BCUT2D eigenvalue weighted by Crippen LogP contribution is -2.41. The van der Waals surface area contributed by atoms with Crippen LogP contribution >= 0.6 is 11.3 Å². The van der Waals surface area contributed by atoms with Crippen LogP contribution in [-0.4, -0.2) is 32.0 Å². The van der Waals surface area contributed by atoms with Crippen LogP contribution in [0.4, 0.5) is 0 Å². The first-order valence-electron chi connectivity index (χ1n) is 7.00. The van der Waals surface area contributed by atoms with Crippen molar-refractivity contribution in [3.8, 4) is 0 Å². The highest BCUT2D eigenvalue weighted by Crippen LogP contribution is 2.14. The van der Waals surface area contributed by atoms with E-state index < -0.39 is 0 Å². The van der Waals surface area contributed by atoms with E-state index in [0.29, 0.717) is 24.8 Å². The van der Waals surface area contributed by atoms with Gasteiger partial charge in [-0.25, -0.2) is 0 Å². The second-order valence-corrected chi connectivity index (χ2v) is 5.97. The van der Waals surface area contributed by atoms with Gasteiger partial charge >= 0.3 is 0 Å². The van der Waals surface area contributed by atoms with Crippen LogP contribution in [0.2, 0.25) is 0 Å². The van der Waals surface area contributed by atoms with Crippen LogP contribution < -0.4 is 16.0 Å². The molecule has 0 radical (unpaired) electrons. The van der Waals surface area contributed by atoms with Gasteiger partial charge in [-0.3, -0.25) is 9.79 Å². The second kappa shape index (κ2) is 8.23. The molecule has 22 heavy (non-hydrogen) atoms. The zero-order chi connectivity index (χ0) is 15.8. The molecule has 2 aromatic heterocycles. The number of furan rings is 1. The highest BCUT2D eigenvalue weighted by atomic mass is 32.1. The van der Waals surface area contributed by atoms with Crippen LogP contribution in [-0.2, 0) is 6.54 Å². The van der Waals surface area contributed by atoms with E-state index in [9.17, 15) is 4.79 Å². The van der Waals surface area contributed by atoms with E-state index in [1.165, 1.54) is 16.0 Å². The molecule has 0 saturated heterocycles. The van der Waals surface area contributed by atoms with E-state index in [-0.39, 0.29) is 5.91 Å². The maximum Gasteiger partial charge on any atom is 0.287 e. The molecule has 6 nitrogen and oxygen atoms in total. The molecule has 0 aliphatic rings. The largest absolute Gasteiger partial charge is 0.459 e. The van der Waals surface area contributed by atoms with Crippen LogP contribution in [0.5, 0.6) is 0 Å². The van der Waals surface area contributed by atoms with Gasteiger partial charge in [0.1, 0.15) is 0 Å². The smallest absolute Gasteiger partial charge is 0.287 e. The van der Waals surface area contributed by atoms with Crippen molar-refractivity contribution in [3.63, 3.8) is 0 Å². The van der Waals surface area contributed by atoms with E-state index in [0.717, 1.165) is 6.54 Å².